The van der Waals surface area contributed by atoms with Gasteiger partial charge in [-0.3, -0.25) is 0 Å². The summed E-state index contributed by atoms with van der Waals surface area (Å²) in [5.41, 5.74) is -0.848. The van der Waals surface area contributed by atoms with E-state index in [0.29, 0.717) is 35.8 Å². The second-order valence-corrected chi connectivity index (χ2v) is 11.9. The third kappa shape index (κ3) is 4.91. The molecule has 2 heterocycles. The molecule has 0 amide bonds. The van der Waals surface area contributed by atoms with Gasteiger partial charge in [0.1, 0.15) is 23.0 Å². The van der Waals surface area contributed by atoms with Gasteiger partial charge in [-0.1, -0.05) is 48.9 Å². The molecule has 6 rings (SSSR count). The van der Waals surface area contributed by atoms with Crippen LogP contribution in [0, 0.1) is 0 Å². The Labute approximate surface area is 249 Å². The second-order valence-electron chi connectivity index (χ2n) is 11.9. The van der Waals surface area contributed by atoms with E-state index in [-0.39, 0.29) is 5.92 Å². The Morgan fingerprint density at radius 2 is 1.64 bits per heavy atom. The van der Waals surface area contributed by atoms with Gasteiger partial charge in [0.05, 0.1) is 32.5 Å². The van der Waals surface area contributed by atoms with E-state index in [2.05, 4.69) is 4.90 Å². The molecule has 1 saturated heterocycles. The summed E-state index contributed by atoms with van der Waals surface area (Å²) in [6, 6.07) is 21.2. The lowest BCUT2D eigenvalue weighted by molar-refractivity contribution is -0.150. The number of hydrogen-bond donors (Lipinski definition) is 2. The van der Waals surface area contributed by atoms with Gasteiger partial charge in [0, 0.05) is 18.1 Å². The molecule has 42 heavy (non-hydrogen) atoms. The van der Waals surface area contributed by atoms with Crippen molar-refractivity contribution in [3.05, 3.63) is 83.4 Å². The first-order valence-electron chi connectivity index (χ1n) is 15.4. The van der Waals surface area contributed by atoms with Crippen LogP contribution in [0.2, 0.25) is 0 Å². The van der Waals surface area contributed by atoms with Gasteiger partial charge in [-0.25, -0.2) is 0 Å². The van der Waals surface area contributed by atoms with Crippen LogP contribution in [0.15, 0.2) is 66.7 Å². The topological polar surface area (TPSA) is 80.6 Å². The van der Waals surface area contributed by atoms with Gasteiger partial charge < -0.3 is 34.1 Å². The molecule has 1 aliphatic carbocycles. The Morgan fingerprint density at radius 1 is 0.881 bits per heavy atom. The minimum absolute atomic E-state index is 0.324. The third-order valence-electron chi connectivity index (χ3n) is 9.47. The fourth-order valence-corrected chi connectivity index (χ4v) is 7.37. The number of piperidine rings is 1. The van der Waals surface area contributed by atoms with Crippen molar-refractivity contribution in [1.29, 1.82) is 0 Å². The smallest absolute Gasteiger partial charge is 0.176 e. The fraction of sp³-hybridized carbons (Fsp3) is 0.486. The zero-order valence-corrected chi connectivity index (χ0v) is 24.8. The first-order chi connectivity index (χ1) is 20.5. The number of nitrogens with zero attached hydrogens (tertiary/aromatic N) is 1. The van der Waals surface area contributed by atoms with E-state index < -0.39 is 17.3 Å². The Morgan fingerprint density at radius 3 is 2.36 bits per heavy atom. The van der Waals surface area contributed by atoms with Crippen LogP contribution < -0.4 is 18.9 Å². The van der Waals surface area contributed by atoms with Gasteiger partial charge in [0.2, 0.25) is 0 Å². The van der Waals surface area contributed by atoms with Crippen molar-refractivity contribution in [2.45, 2.75) is 68.2 Å². The summed E-state index contributed by atoms with van der Waals surface area (Å²) in [4.78, 5) is 2.58. The first-order valence-corrected chi connectivity index (χ1v) is 15.4. The molecular formula is C35H43NO6. The van der Waals surface area contributed by atoms with Gasteiger partial charge in [-0.05, 0) is 81.4 Å². The molecule has 7 nitrogen and oxygen atoms in total. The predicted molar refractivity (Wildman–Crippen MR) is 162 cm³/mol. The van der Waals surface area contributed by atoms with E-state index in [1.807, 2.05) is 54.6 Å². The van der Waals surface area contributed by atoms with Crippen LogP contribution in [-0.2, 0) is 11.2 Å². The van der Waals surface area contributed by atoms with Crippen LogP contribution in [-0.4, -0.2) is 61.7 Å². The van der Waals surface area contributed by atoms with Crippen LogP contribution in [0.1, 0.15) is 67.6 Å². The fourth-order valence-electron chi connectivity index (χ4n) is 7.37. The van der Waals surface area contributed by atoms with E-state index in [0.717, 1.165) is 29.7 Å². The highest BCUT2D eigenvalue weighted by molar-refractivity contribution is 5.62. The quantitative estimate of drug-likeness (QED) is 0.282. The monoisotopic (exact) mass is 573 g/mol. The summed E-state index contributed by atoms with van der Waals surface area (Å²) in [7, 11) is 3.13. The largest absolute Gasteiger partial charge is 0.496 e. The number of likely N-dealkylation sites (tertiary alicyclic amines) is 1. The lowest BCUT2D eigenvalue weighted by Gasteiger charge is -2.40. The summed E-state index contributed by atoms with van der Waals surface area (Å²) in [6.07, 6.45) is 6.65. The molecule has 224 valence electrons. The molecule has 2 N–H and O–H groups in total. The van der Waals surface area contributed by atoms with E-state index in [1.165, 1.54) is 45.3 Å². The average molecular weight is 574 g/mol. The lowest BCUT2D eigenvalue weighted by atomic mass is 9.71. The molecule has 1 saturated carbocycles. The van der Waals surface area contributed by atoms with Crippen molar-refractivity contribution in [2.24, 2.45) is 0 Å². The van der Waals surface area contributed by atoms with Crippen molar-refractivity contribution < 1.29 is 29.2 Å². The number of hydrogen-bond acceptors (Lipinski definition) is 7. The van der Waals surface area contributed by atoms with Crippen molar-refractivity contribution in [3.63, 3.8) is 0 Å². The number of fused-ring (bicyclic) bond motifs is 3. The number of ether oxygens (including phenoxy) is 4. The normalized spacial score (nSPS) is 26.8. The molecule has 0 bridgehead atoms. The van der Waals surface area contributed by atoms with Gasteiger partial charge in [-0.15, -0.1) is 0 Å². The SMILES string of the molecule is COc1cc(OC)c2c(c1)O[C@@]1(c3ccc(OCCCCCN4CCCCC4)cc3)[C@H](c3ccccc3)C[C@@H](O)[C@@]21O. The minimum atomic E-state index is -1.75. The van der Waals surface area contributed by atoms with Crippen LogP contribution in [0.25, 0.3) is 0 Å². The molecule has 3 aliphatic rings. The predicted octanol–water partition coefficient (Wildman–Crippen LogP) is 5.76. The highest BCUT2D eigenvalue weighted by Gasteiger charge is 2.73. The maximum Gasteiger partial charge on any atom is 0.176 e. The Kier molecular flexibility index (Phi) is 8.35. The van der Waals surface area contributed by atoms with E-state index in [1.54, 1.807) is 26.4 Å². The number of unbranched alkanes of at least 4 members (excludes halogenated alkanes) is 2. The van der Waals surface area contributed by atoms with Crippen LogP contribution >= 0.6 is 0 Å². The standard InChI is InChI=1S/C35H43NO6/c1-39-28-22-30(40-2)33-31(23-28)42-35(29(24-32(37)34(33,35)38)25-12-6-3-7-13-25)26-14-16-27(17-15-26)41-21-11-5-10-20-36-18-8-4-9-19-36/h3,6-7,12-17,22-23,29,32,37-38H,4-5,8-11,18-21,24H2,1-2H3/t29-,32+,34+,35-/m0/s1. The number of methoxy groups -OCH3 is 2. The van der Waals surface area contributed by atoms with Gasteiger partial charge in [0.15, 0.2) is 11.2 Å². The molecule has 7 heteroatoms. The molecule has 0 aromatic heterocycles. The van der Waals surface area contributed by atoms with Crippen molar-refractivity contribution >= 4 is 0 Å². The van der Waals surface area contributed by atoms with Gasteiger partial charge in [-0.2, -0.15) is 0 Å². The maximum absolute atomic E-state index is 12.6. The average Bonchev–Trinajstić information content (AvgIpc) is 3.44. The van der Waals surface area contributed by atoms with E-state index in [9.17, 15) is 10.2 Å². The minimum Gasteiger partial charge on any atom is -0.496 e. The zero-order chi connectivity index (χ0) is 29.2. The van der Waals surface area contributed by atoms with Crippen LogP contribution in [0.3, 0.4) is 0 Å². The third-order valence-corrected chi connectivity index (χ3v) is 9.47. The second kappa shape index (κ2) is 12.2. The molecule has 4 atom stereocenters. The molecule has 2 fully saturated rings. The van der Waals surface area contributed by atoms with Gasteiger partial charge in [0.25, 0.3) is 0 Å². The maximum atomic E-state index is 12.6. The summed E-state index contributed by atoms with van der Waals surface area (Å²) in [5, 5.41) is 24.2. The molecular weight excluding hydrogens is 530 g/mol. The first kappa shape index (κ1) is 28.8. The molecule has 2 aliphatic heterocycles. The molecule has 0 radical (unpaired) electrons. The number of benzene rings is 3. The molecule has 3 aromatic carbocycles. The highest BCUT2D eigenvalue weighted by Crippen LogP contribution is 2.68. The van der Waals surface area contributed by atoms with Crippen molar-refractivity contribution in [2.75, 3.05) is 40.5 Å². The van der Waals surface area contributed by atoms with E-state index in [4.69, 9.17) is 18.9 Å². The van der Waals surface area contributed by atoms with Crippen molar-refractivity contribution in [1.82, 2.24) is 4.90 Å². The summed E-state index contributed by atoms with van der Waals surface area (Å²) in [5.74, 6) is 1.86. The molecule has 0 unspecified atom stereocenters. The highest BCUT2D eigenvalue weighted by atomic mass is 16.5. The number of aliphatic hydroxyl groups is 2. The lowest BCUT2D eigenvalue weighted by Crippen LogP contribution is -2.52. The van der Waals surface area contributed by atoms with Crippen molar-refractivity contribution in [3.8, 4) is 23.0 Å². The summed E-state index contributed by atoms with van der Waals surface area (Å²) >= 11 is 0. The zero-order valence-electron chi connectivity index (χ0n) is 24.8. The number of rotatable bonds is 11. The molecule has 3 aromatic rings. The Bertz CT molecular complexity index is 1340. The Balaban J connectivity index is 1.25. The molecule has 0 spiro atoms. The van der Waals surface area contributed by atoms with E-state index >= 15 is 0 Å². The summed E-state index contributed by atoms with van der Waals surface area (Å²) in [6.45, 7) is 4.35. The van der Waals surface area contributed by atoms with Crippen LogP contribution in [0.4, 0.5) is 0 Å². The summed E-state index contributed by atoms with van der Waals surface area (Å²) < 4.78 is 24.2. The van der Waals surface area contributed by atoms with Gasteiger partial charge >= 0.3 is 0 Å². The number of aliphatic hydroxyl groups excluding tert-OH is 1. The van der Waals surface area contributed by atoms with Crippen LogP contribution in [0.5, 0.6) is 23.0 Å². The Hall–Kier alpha value is -3.26.